The van der Waals surface area contributed by atoms with Gasteiger partial charge in [-0.15, -0.1) is 0 Å². The Kier molecular flexibility index (Phi) is 4.13. The van der Waals surface area contributed by atoms with Gasteiger partial charge >= 0.3 is 12.1 Å². The molecule has 3 aromatic carbocycles. The molecule has 0 spiro atoms. The topological polar surface area (TPSA) is 49.3 Å². The van der Waals surface area contributed by atoms with Gasteiger partial charge in [0, 0.05) is 5.92 Å². The van der Waals surface area contributed by atoms with Crippen LogP contribution in [0.2, 0.25) is 0 Å². The van der Waals surface area contributed by atoms with Crippen molar-refractivity contribution in [2.45, 2.75) is 24.6 Å². The van der Waals surface area contributed by atoms with E-state index < -0.39 is 23.8 Å². The molecule has 3 aromatic rings. The van der Waals surface area contributed by atoms with Crippen LogP contribution in [0.25, 0.3) is 0 Å². The number of halogens is 3. The molecule has 5 rings (SSSR count). The quantitative estimate of drug-likeness (QED) is 0.556. The summed E-state index contributed by atoms with van der Waals surface area (Å²) in [6.45, 7) is 0. The van der Waals surface area contributed by atoms with Gasteiger partial charge in [-0.1, -0.05) is 48.5 Å². The Hall–Kier alpha value is -3.28. The number of hydrogen-bond donors (Lipinski definition) is 2. The van der Waals surface area contributed by atoms with E-state index in [1.165, 1.54) is 18.2 Å². The van der Waals surface area contributed by atoms with Crippen LogP contribution >= 0.6 is 0 Å². The molecule has 2 aliphatic rings. The number of para-hydroxylation sites is 1. The third-order valence-electron chi connectivity index (χ3n) is 6.24. The molecule has 2 N–H and O–H groups in total. The smallest absolute Gasteiger partial charge is 0.416 e. The second kappa shape index (κ2) is 6.62. The Bertz CT molecular complexity index is 1160. The van der Waals surface area contributed by atoms with Gasteiger partial charge in [0.2, 0.25) is 0 Å². The molecule has 0 saturated carbocycles. The number of aromatic carboxylic acids is 1. The largest absolute Gasteiger partial charge is 0.478 e. The highest BCUT2D eigenvalue weighted by Crippen LogP contribution is 2.54. The first-order valence-electron chi connectivity index (χ1n) is 9.72. The second-order valence-electron chi connectivity index (χ2n) is 7.86. The van der Waals surface area contributed by atoms with Crippen LogP contribution < -0.4 is 5.32 Å². The number of rotatable bonds is 2. The molecule has 0 unspecified atom stereocenters. The van der Waals surface area contributed by atoms with Crippen molar-refractivity contribution in [1.29, 1.82) is 0 Å². The summed E-state index contributed by atoms with van der Waals surface area (Å²) in [7, 11) is 0. The maximum Gasteiger partial charge on any atom is 0.416 e. The molecule has 3 atom stereocenters. The Labute approximate surface area is 171 Å². The van der Waals surface area contributed by atoms with Gasteiger partial charge in [0.25, 0.3) is 0 Å². The highest BCUT2D eigenvalue weighted by Gasteiger charge is 2.44. The third kappa shape index (κ3) is 2.86. The Morgan fingerprint density at radius 2 is 1.70 bits per heavy atom. The predicted molar refractivity (Wildman–Crippen MR) is 107 cm³/mol. The highest BCUT2D eigenvalue weighted by molar-refractivity contribution is 5.96. The lowest BCUT2D eigenvalue weighted by molar-refractivity contribution is -0.137. The molecule has 0 bridgehead atoms. The average molecular weight is 409 g/mol. The average Bonchev–Trinajstić information content (AvgIpc) is 3.12. The van der Waals surface area contributed by atoms with Gasteiger partial charge in [0.1, 0.15) is 0 Å². The van der Waals surface area contributed by atoms with E-state index in [1.54, 1.807) is 12.1 Å². The SMILES string of the molecule is O=C(O)c1cccc2c1N[C@H](c1cccc(C(F)(F)F)c1)[C@@H]1Cc3ccccc3[C@H]21. The lowest BCUT2D eigenvalue weighted by Crippen LogP contribution is -2.31. The first kappa shape index (κ1) is 18.7. The van der Waals surface area contributed by atoms with E-state index >= 15 is 0 Å². The number of anilines is 1. The van der Waals surface area contributed by atoms with Crippen LogP contribution in [0.15, 0.2) is 66.7 Å². The first-order chi connectivity index (χ1) is 14.3. The minimum atomic E-state index is -4.44. The van der Waals surface area contributed by atoms with Crippen molar-refractivity contribution < 1.29 is 23.1 Å². The second-order valence-corrected chi connectivity index (χ2v) is 7.86. The number of carboxylic acids is 1. The number of alkyl halides is 3. The molecule has 0 amide bonds. The van der Waals surface area contributed by atoms with Crippen molar-refractivity contribution in [2.24, 2.45) is 5.92 Å². The van der Waals surface area contributed by atoms with Crippen LogP contribution in [0.1, 0.15) is 50.1 Å². The molecule has 1 heterocycles. The molecule has 0 saturated heterocycles. The summed E-state index contributed by atoms with van der Waals surface area (Å²) in [6.07, 6.45) is -3.72. The van der Waals surface area contributed by atoms with E-state index in [2.05, 4.69) is 5.32 Å². The zero-order valence-electron chi connectivity index (χ0n) is 15.8. The number of nitrogens with one attached hydrogen (secondary N) is 1. The van der Waals surface area contributed by atoms with Crippen molar-refractivity contribution in [2.75, 3.05) is 5.32 Å². The van der Waals surface area contributed by atoms with E-state index in [0.717, 1.165) is 22.8 Å². The maximum atomic E-state index is 13.3. The van der Waals surface area contributed by atoms with Crippen molar-refractivity contribution in [3.63, 3.8) is 0 Å². The van der Waals surface area contributed by atoms with Crippen molar-refractivity contribution in [3.05, 3.63) is 100 Å². The number of fused-ring (bicyclic) bond motifs is 5. The monoisotopic (exact) mass is 409 g/mol. The molecule has 6 heteroatoms. The molecular weight excluding hydrogens is 391 g/mol. The van der Waals surface area contributed by atoms with E-state index in [4.69, 9.17) is 0 Å². The Morgan fingerprint density at radius 3 is 2.47 bits per heavy atom. The Balaban J connectivity index is 1.70. The molecule has 30 heavy (non-hydrogen) atoms. The van der Waals surface area contributed by atoms with Crippen molar-refractivity contribution >= 4 is 11.7 Å². The van der Waals surface area contributed by atoms with Gasteiger partial charge in [-0.3, -0.25) is 0 Å². The molecule has 152 valence electrons. The van der Waals surface area contributed by atoms with Gasteiger partial charge in [0.05, 0.1) is 22.9 Å². The molecule has 0 fully saturated rings. The molecule has 0 aromatic heterocycles. The van der Waals surface area contributed by atoms with Crippen LogP contribution in [0.3, 0.4) is 0 Å². The van der Waals surface area contributed by atoms with E-state index in [9.17, 15) is 23.1 Å². The fraction of sp³-hybridized carbons (Fsp3) is 0.208. The zero-order chi connectivity index (χ0) is 21.0. The maximum absolute atomic E-state index is 13.3. The van der Waals surface area contributed by atoms with Crippen LogP contribution in [-0.4, -0.2) is 11.1 Å². The highest BCUT2D eigenvalue weighted by atomic mass is 19.4. The van der Waals surface area contributed by atoms with Gasteiger partial charge in [0.15, 0.2) is 0 Å². The fourth-order valence-corrected chi connectivity index (χ4v) is 5.00. The molecule has 0 radical (unpaired) electrons. The van der Waals surface area contributed by atoms with Gasteiger partial charge < -0.3 is 10.4 Å². The summed E-state index contributed by atoms with van der Waals surface area (Å²) in [6, 6.07) is 18.0. The summed E-state index contributed by atoms with van der Waals surface area (Å²) in [5.74, 6) is -1.15. The van der Waals surface area contributed by atoms with E-state index in [0.29, 0.717) is 17.7 Å². The third-order valence-corrected chi connectivity index (χ3v) is 6.24. The van der Waals surface area contributed by atoms with Crippen LogP contribution in [0.4, 0.5) is 18.9 Å². The minimum Gasteiger partial charge on any atom is -0.478 e. The normalized spacial score (nSPS) is 21.9. The number of benzene rings is 3. The first-order valence-corrected chi connectivity index (χ1v) is 9.72. The van der Waals surface area contributed by atoms with Crippen molar-refractivity contribution in [1.82, 2.24) is 0 Å². The van der Waals surface area contributed by atoms with Crippen LogP contribution in [0, 0.1) is 5.92 Å². The number of hydrogen-bond acceptors (Lipinski definition) is 2. The lowest BCUT2D eigenvalue weighted by atomic mass is 9.75. The van der Waals surface area contributed by atoms with Gasteiger partial charge in [-0.25, -0.2) is 4.79 Å². The predicted octanol–water partition coefficient (Wildman–Crippen LogP) is 5.87. The fourth-order valence-electron chi connectivity index (χ4n) is 5.00. The summed E-state index contributed by atoms with van der Waals surface area (Å²) in [5.41, 5.74) is 3.58. The van der Waals surface area contributed by atoms with Gasteiger partial charge in [-0.05, 0) is 52.8 Å². The van der Waals surface area contributed by atoms with Gasteiger partial charge in [-0.2, -0.15) is 13.2 Å². The minimum absolute atomic E-state index is 0.0116. The zero-order valence-corrected chi connectivity index (χ0v) is 15.8. The Morgan fingerprint density at radius 1 is 0.967 bits per heavy atom. The molecule has 1 aliphatic heterocycles. The standard InChI is InChI=1S/C24H18F3NO2/c25-24(26,27)15-7-3-6-14(11-15)21-19-12-13-5-1-2-8-16(13)20(19)17-9-4-10-18(23(29)30)22(17)28-21/h1-11,19-21,28H,12H2,(H,29,30)/t19-,20-,21-/m1/s1. The molecule has 3 nitrogen and oxygen atoms in total. The summed E-state index contributed by atoms with van der Waals surface area (Å²) in [5, 5.41) is 13.0. The molecule has 1 aliphatic carbocycles. The molecular formula is C24H18F3NO2. The van der Waals surface area contributed by atoms with Crippen molar-refractivity contribution in [3.8, 4) is 0 Å². The summed E-state index contributed by atoms with van der Waals surface area (Å²) in [4.78, 5) is 11.9. The van der Waals surface area contributed by atoms with E-state index in [-0.39, 0.29) is 17.4 Å². The number of carbonyl (C=O) groups is 1. The number of carboxylic acid groups (broad SMARTS) is 1. The lowest BCUT2D eigenvalue weighted by Gasteiger charge is -2.38. The van der Waals surface area contributed by atoms with E-state index in [1.807, 2.05) is 30.3 Å². The summed E-state index contributed by atoms with van der Waals surface area (Å²) < 4.78 is 40.0. The van der Waals surface area contributed by atoms with Crippen LogP contribution in [-0.2, 0) is 12.6 Å². The van der Waals surface area contributed by atoms with Crippen LogP contribution in [0.5, 0.6) is 0 Å². The summed E-state index contributed by atoms with van der Waals surface area (Å²) >= 11 is 0.